The Morgan fingerprint density at radius 1 is 1.47 bits per heavy atom. The number of nitrogens with one attached hydrogen (secondary N) is 1. The number of carbonyl (C=O) groups excluding carboxylic acids is 2. The van der Waals surface area contributed by atoms with Gasteiger partial charge in [0.1, 0.15) is 12.6 Å². The Morgan fingerprint density at radius 3 is 2.68 bits per heavy atom. The van der Waals surface area contributed by atoms with E-state index in [0.29, 0.717) is 0 Å². The first-order valence-corrected chi connectivity index (χ1v) is 5.22. The van der Waals surface area contributed by atoms with Crippen molar-refractivity contribution in [2.24, 2.45) is 5.73 Å². The maximum absolute atomic E-state index is 11.5. The van der Waals surface area contributed by atoms with Crippen molar-refractivity contribution in [2.75, 3.05) is 0 Å². The number of nitrogens with zero attached hydrogens (tertiary/aromatic N) is 2. The molecule has 0 aromatic carbocycles. The smallest absolute Gasteiger partial charge is 0.347 e. The lowest BCUT2D eigenvalue weighted by Gasteiger charge is -2.13. The van der Waals surface area contributed by atoms with Gasteiger partial charge in [-0.25, -0.2) is 14.6 Å². The molecule has 0 aliphatic carbocycles. The highest BCUT2D eigenvalue weighted by Crippen LogP contribution is 1.92. The number of primary amides is 1. The minimum Gasteiger partial charge on any atom is -0.480 e. The molecule has 4 N–H and O–H groups in total. The number of rotatable bonds is 6. The summed E-state index contributed by atoms with van der Waals surface area (Å²) >= 11 is 0. The van der Waals surface area contributed by atoms with Gasteiger partial charge in [0.05, 0.1) is 6.42 Å². The largest absolute Gasteiger partial charge is 0.480 e. The number of amides is 2. The van der Waals surface area contributed by atoms with Crippen molar-refractivity contribution in [3.63, 3.8) is 0 Å². The van der Waals surface area contributed by atoms with Crippen LogP contribution in [0.2, 0.25) is 0 Å². The first-order chi connectivity index (χ1) is 8.90. The van der Waals surface area contributed by atoms with Crippen LogP contribution >= 0.6 is 0 Å². The molecule has 0 bridgehead atoms. The molecule has 9 heteroatoms. The van der Waals surface area contributed by atoms with Crippen LogP contribution in [0.3, 0.4) is 0 Å². The maximum atomic E-state index is 11.5. The number of carbonyl (C=O) groups is 3. The second-order valence-electron chi connectivity index (χ2n) is 3.66. The third-order valence-corrected chi connectivity index (χ3v) is 2.14. The third-order valence-electron chi connectivity index (χ3n) is 2.14. The van der Waals surface area contributed by atoms with Crippen LogP contribution in [-0.2, 0) is 20.9 Å². The molecule has 0 unspecified atom stereocenters. The first kappa shape index (κ1) is 14.4. The minimum atomic E-state index is -1.42. The molecule has 1 aromatic heterocycles. The fourth-order valence-corrected chi connectivity index (χ4v) is 1.30. The lowest BCUT2D eigenvalue weighted by molar-refractivity contribution is -0.143. The fraction of sp³-hybridized carbons (Fsp3) is 0.300. The Balaban J connectivity index is 2.68. The number of carboxylic acid groups (broad SMARTS) is 1. The number of nitrogens with two attached hydrogens (primary N) is 1. The molecule has 0 aliphatic rings. The molecule has 19 heavy (non-hydrogen) atoms. The van der Waals surface area contributed by atoms with Gasteiger partial charge in [0, 0.05) is 12.4 Å². The van der Waals surface area contributed by atoms with Crippen LogP contribution in [0, 0.1) is 0 Å². The zero-order valence-corrected chi connectivity index (χ0v) is 9.78. The molecule has 0 fully saturated rings. The van der Waals surface area contributed by atoms with Gasteiger partial charge in [-0.05, 0) is 6.07 Å². The van der Waals surface area contributed by atoms with Crippen molar-refractivity contribution in [1.29, 1.82) is 0 Å². The molecular formula is C10H12N4O5. The van der Waals surface area contributed by atoms with Gasteiger partial charge in [-0.1, -0.05) is 0 Å². The van der Waals surface area contributed by atoms with E-state index in [0.717, 1.165) is 4.57 Å². The summed E-state index contributed by atoms with van der Waals surface area (Å²) in [4.78, 5) is 47.6. The monoisotopic (exact) mass is 268 g/mol. The number of hydrogen-bond donors (Lipinski definition) is 3. The van der Waals surface area contributed by atoms with Crippen molar-refractivity contribution in [3.05, 3.63) is 28.9 Å². The number of aromatic nitrogens is 2. The van der Waals surface area contributed by atoms with Gasteiger partial charge in [0.2, 0.25) is 11.8 Å². The zero-order chi connectivity index (χ0) is 14.4. The molecule has 0 spiro atoms. The molecule has 1 atom stereocenters. The summed E-state index contributed by atoms with van der Waals surface area (Å²) in [6, 6.07) is 0.0321. The summed E-state index contributed by atoms with van der Waals surface area (Å²) in [6.07, 6.45) is 2.08. The molecule has 1 rings (SSSR count). The highest BCUT2D eigenvalue weighted by atomic mass is 16.4. The summed E-state index contributed by atoms with van der Waals surface area (Å²) in [6.45, 7) is -0.394. The van der Waals surface area contributed by atoms with Crippen molar-refractivity contribution in [3.8, 4) is 0 Å². The van der Waals surface area contributed by atoms with Gasteiger partial charge in [0.15, 0.2) is 0 Å². The minimum absolute atomic E-state index is 0.394. The second-order valence-corrected chi connectivity index (χ2v) is 3.66. The Kier molecular flexibility index (Phi) is 4.75. The Bertz CT molecular complexity index is 553. The van der Waals surface area contributed by atoms with E-state index in [4.69, 9.17) is 10.8 Å². The molecule has 1 aromatic rings. The Hall–Kier alpha value is -2.71. The molecule has 2 amide bonds. The topological polar surface area (TPSA) is 144 Å². The Morgan fingerprint density at radius 2 is 2.16 bits per heavy atom. The molecule has 0 radical (unpaired) electrons. The summed E-state index contributed by atoms with van der Waals surface area (Å²) in [7, 11) is 0. The number of aliphatic carboxylic acids is 1. The standard InChI is InChI=1S/C10H12N4O5/c11-7(15)4-6(9(17)18)13-8(16)5-14-3-1-2-12-10(14)19/h1-3,6H,4-5H2,(H2,11,15)(H,13,16)(H,17,18)/t6-/m1/s1. The zero-order valence-electron chi connectivity index (χ0n) is 9.78. The van der Waals surface area contributed by atoms with E-state index >= 15 is 0 Å². The van der Waals surface area contributed by atoms with Gasteiger partial charge in [-0.2, -0.15) is 0 Å². The van der Waals surface area contributed by atoms with Crippen LogP contribution in [0.4, 0.5) is 0 Å². The average molecular weight is 268 g/mol. The van der Waals surface area contributed by atoms with E-state index in [1.54, 1.807) is 0 Å². The predicted molar refractivity (Wildman–Crippen MR) is 61.9 cm³/mol. The van der Waals surface area contributed by atoms with Crippen LogP contribution in [-0.4, -0.2) is 38.5 Å². The van der Waals surface area contributed by atoms with Crippen molar-refractivity contribution in [1.82, 2.24) is 14.9 Å². The van der Waals surface area contributed by atoms with Crippen LogP contribution in [0.1, 0.15) is 6.42 Å². The quantitative estimate of drug-likeness (QED) is 0.528. The highest BCUT2D eigenvalue weighted by Gasteiger charge is 2.22. The van der Waals surface area contributed by atoms with Gasteiger partial charge < -0.3 is 16.2 Å². The van der Waals surface area contributed by atoms with Gasteiger partial charge in [-0.15, -0.1) is 0 Å². The SMILES string of the molecule is NC(=O)C[C@@H](NC(=O)Cn1cccnc1=O)C(=O)O. The predicted octanol–water partition coefficient (Wildman–Crippen LogP) is -2.31. The molecule has 9 nitrogen and oxygen atoms in total. The van der Waals surface area contributed by atoms with Crippen LogP contribution in [0.15, 0.2) is 23.3 Å². The molecule has 0 aliphatic heterocycles. The highest BCUT2D eigenvalue weighted by molar-refractivity contribution is 5.88. The molecular weight excluding hydrogens is 256 g/mol. The first-order valence-electron chi connectivity index (χ1n) is 5.22. The van der Waals surface area contributed by atoms with Crippen LogP contribution < -0.4 is 16.7 Å². The van der Waals surface area contributed by atoms with Crippen molar-refractivity contribution in [2.45, 2.75) is 19.0 Å². The fourth-order valence-electron chi connectivity index (χ4n) is 1.30. The average Bonchev–Trinajstić information content (AvgIpc) is 2.30. The van der Waals surface area contributed by atoms with E-state index in [-0.39, 0.29) is 0 Å². The molecule has 0 saturated carbocycles. The summed E-state index contributed by atoms with van der Waals surface area (Å²) < 4.78 is 0.999. The van der Waals surface area contributed by atoms with E-state index in [9.17, 15) is 19.2 Å². The van der Waals surface area contributed by atoms with Crippen molar-refractivity contribution >= 4 is 17.8 Å². The number of carboxylic acids is 1. The molecule has 1 heterocycles. The lowest BCUT2D eigenvalue weighted by Crippen LogP contribution is -2.45. The molecule has 102 valence electrons. The van der Waals surface area contributed by atoms with E-state index in [1.807, 2.05) is 0 Å². The van der Waals surface area contributed by atoms with Gasteiger partial charge in [-0.3, -0.25) is 14.2 Å². The van der Waals surface area contributed by atoms with Gasteiger partial charge in [0.25, 0.3) is 0 Å². The normalized spacial score (nSPS) is 11.6. The van der Waals surface area contributed by atoms with E-state index in [1.165, 1.54) is 18.5 Å². The summed E-state index contributed by atoms with van der Waals surface area (Å²) in [5, 5.41) is 10.9. The summed E-state index contributed by atoms with van der Waals surface area (Å²) in [5.41, 5.74) is 4.23. The van der Waals surface area contributed by atoms with E-state index < -0.39 is 42.5 Å². The molecule has 0 saturated heterocycles. The summed E-state index contributed by atoms with van der Waals surface area (Å²) in [5.74, 6) is -2.97. The Labute approximate surface area is 107 Å². The third kappa shape index (κ3) is 4.58. The van der Waals surface area contributed by atoms with Crippen LogP contribution in [0.25, 0.3) is 0 Å². The second kappa shape index (κ2) is 6.28. The van der Waals surface area contributed by atoms with E-state index in [2.05, 4.69) is 10.3 Å². The maximum Gasteiger partial charge on any atom is 0.347 e. The lowest BCUT2D eigenvalue weighted by atomic mass is 10.2. The van der Waals surface area contributed by atoms with Gasteiger partial charge >= 0.3 is 11.7 Å². The van der Waals surface area contributed by atoms with Crippen molar-refractivity contribution < 1.29 is 19.5 Å². The number of hydrogen-bond acceptors (Lipinski definition) is 5. The van der Waals surface area contributed by atoms with Crippen LogP contribution in [0.5, 0.6) is 0 Å².